The number of allylic oxidation sites excluding steroid dienone is 2. The minimum Gasteiger partial charge on any atom is -0.396 e. The van der Waals surface area contributed by atoms with E-state index in [0.29, 0.717) is 30.0 Å². The number of Topliss-reactive ketones (excluding diaryl/α,β-unsaturated/α-hetero) is 1. The van der Waals surface area contributed by atoms with Crippen molar-refractivity contribution in [1.82, 2.24) is 5.32 Å². The van der Waals surface area contributed by atoms with Crippen molar-refractivity contribution < 1.29 is 15.0 Å². The van der Waals surface area contributed by atoms with Gasteiger partial charge in [0.05, 0.1) is 5.54 Å². The van der Waals surface area contributed by atoms with Crippen molar-refractivity contribution in [1.29, 1.82) is 0 Å². The van der Waals surface area contributed by atoms with Crippen molar-refractivity contribution in [3.8, 4) is 0 Å². The predicted octanol–water partition coefficient (Wildman–Crippen LogP) is 6.84. The molecule has 0 saturated heterocycles. The summed E-state index contributed by atoms with van der Waals surface area (Å²) in [5, 5.41) is 24.5. The molecule has 4 aliphatic carbocycles. The molecule has 0 radical (unpaired) electrons. The highest BCUT2D eigenvalue weighted by molar-refractivity contribution is 8.77. The highest BCUT2D eigenvalue weighted by Crippen LogP contribution is 2.75. The Morgan fingerprint density at radius 2 is 1.87 bits per heavy atom. The first-order valence-corrected chi connectivity index (χ1v) is 20.5. The van der Waals surface area contributed by atoms with Crippen LogP contribution in [0.2, 0.25) is 0 Å². The van der Waals surface area contributed by atoms with Crippen LogP contribution in [-0.2, 0) is 11.2 Å². The van der Waals surface area contributed by atoms with Crippen LogP contribution >= 0.6 is 21.6 Å². The quantitative estimate of drug-likeness (QED) is 0.247. The summed E-state index contributed by atoms with van der Waals surface area (Å²) in [4.78, 5) is 19.1. The van der Waals surface area contributed by atoms with E-state index in [1.807, 2.05) is 0 Å². The number of hydrogen-bond acceptors (Lipinski definition) is 8. The number of aliphatic hydroxyl groups excluding tert-OH is 2. The number of hydrogen-bond donors (Lipinski definition) is 4. The van der Waals surface area contributed by atoms with E-state index in [1.54, 1.807) is 0 Å². The molecule has 252 valence electrons. The van der Waals surface area contributed by atoms with Crippen molar-refractivity contribution in [3.05, 3.63) is 47.0 Å². The van der Waals surface area contributed by atoms with E-state index in [9.17, 15) is 15.0 Å². The first kappa shape index (κ1) is 33.0. The molecular weight excluding hydrogens is 611 g/mol. The molecule has 6 aliphatic rings. The molecule has 7 unspecified atom stereocenters. The maximum absolute atomic E-state index is 14.3. The van der Waals surface area contributed by atoms with Gasteiger partial charge in [0.25, 0.3) is 0 Å². The lowest BCUT2D eigenvalue weighted by atomic mass is 9.47. The molecule has 46 heavy (non-hydrogen) atoms. The Morgan fingerprint density at radius 1 is 1.07 bits per heavy atom. The van der Waals surface area contributed by atoms with Crippen molar-refractivity contribution >= 4 is 33.3 Å². The summed E-state index contributed by atoms with van der Waals surface area (Å²) in [7, 11) is 4.26. The fraction of sp³-hybridized carbons (Fsp3) is 0.737. The molecule has 7 rings (SSSR count). The fourth-order valence-corrected chi connectivity index (χ4v) is 15.8. The topological polar surface area (TPSA) is 108 Å². The van der Waals surface area contributed by atoms with E-state index in [1.165, 1.54) is 43.2 Å². The number of carbonyl (C=O) groups excluding carboxylic acids is 1. The number of guanidine groups is 1. The number of aliphatic hydroxyl groups is 2. The van der Waals surface area contributed by atoms with Crippen LogP contribution in [-0.4, -0.2) is 57.8 Å². The molecule has 1 aromatic carbocycles. The molecule has 7 atom stereocenters. The largest absolute Gasteiger partial charge is 0.396 e. The zero-order valence-corrected chi connectivity index (χ0v) is 29.4. The Labute approximate surface area is 284 Å². The third-order valence-corrected chi connectivity index (χ3v) is 17.4. The Bertz CT molecular complexity index is 1350. The van der Waals surface area contributed by atoms with Gasteiger partial charge in [-0.1, -0.05) is 83.7 Å². The van der Waals surface area contributed by atoms with Gasteiger partial charge in [-0.15, -0.1) is 0 Å². The monoisotopic (exact) mass is 665 g/mol. The average molecular weight is 666 g/mol. The zero-order chi connectivity index (χ0) is 32.0. The number of rotatable bonds is 6. The van der Waals surface area contributed by atoms with Crippen molar-refractivity contribution in [2.24, 2.45) is 45.2 Å². The minimum atomic E-state index is -0.199. The summed E-state index contributed by atoms with van der Waals surface area (Å²) in [5.74, 6) is 3.34. The van der Waals surface area contributed by atoms with Gasteiger partial charge < -0.3 is 21.3 Å². The maximum atomic E-state index is 14.3. The van der Waals surface area contributed by atoms with Crippen LogP contribution < -0.4 is 11.1 Å². The number of nitrogens with zero attached hydrogens (tertiary/aromatic N) is 1. The van der Waals surface area contributed by atoms with E-state index in [-0.39, 0.29) is 46.2 Å². The van der Waals surface area contributed by atoms with Gasteiger partial charge in [-0.2, -0.15) is 0 Å². The number of benzene rings is 1. The van der Waals surface area contributed by atoms with Gasteiger partial charge in [0.15, 0.2) is 11.7 Å². The predicted molar refractivity (Wildman–Crippen MR) is 191 cm³/mol. The van der Waals surface area contributed by atoms with Gasteiger partial charge in [0.1, 0.15) is 0 Å². The Morgan fingerprint density at radius 3 is 2.63 bits per heavy atom. The molecule has 8 heteroatoms. The number of fused-ring (bicyclic) bond motifs is 1. The van der Waals surface area contributed by atoms with Crippen LogP contribution in [0.3, 0.4) is 0 Å². The van der Waals surface area contributed by atoms with E-state index >= 15 is 0 Å². The Balaban J connectivity index is 1.30. The van der Waals surface area contributed by atoms with E-state index in [0.717, 1.165) is 75.7 Å². The van der Waals surface area contributed by atoms with Crippen molar-refractivity contribution in [2.45, 2.75) is 114 Å². The first-order chi connectivity index (χ1) is 22.3. The van der Waals surface area contributed by atoms with Crippen molar-refractivity contribution in [2.75, 3.05) is 25.5 Å². The van der Waals surface area contributed by atoms with E-state index < -0.39 is 0 Å². The molecule has 0 aromatic heterocycles. The molecule has 0 amide bonds. The summed E-state index contributed by atoms with van der Waals surface area (Å²) >= 11 is 0. The zero-order valence-electron chi connectivity index (χ0n) is 27.8. The van der Waals surface area contributed by atoms with Crippen LogP contribution in [0, 0.1) is 34.5 Å². The highest BCUT2D eigenvalue weighted by Gasteiger charge is 2.70. The van der Waals surface area contributed by atoms with Crippen molar-refractivity contribution in [3.63, 3.8) is 0 Å². The molecule has 6 nitrogen and oxygen atoms in total. The molecule has 2 heterocycles. The standard InChI is InChI=1S/C38H55N3O3S2/c1-35-17-19-45-46-36(14-6-3-7-15-36)38(29(24-40-34(39)41-38)20-26-10-4-2-5-11-26)16-8-12-30-32-22-28(35)21-27(25-43)31(13-9-18-42)37(32,35)23-33(30)44/h2,4-5,10-11,27-29,31,42-43H,3,6-9,12-25H2,1H3,(H3,39,40,41). The number of ketones is 1. The molecule has 2 aliphatic heterocycles. The second-order valence-corrected chi connectivity index (χ2v) is 18.6. The van der Waals surface area contributed by atoms with Gasteiger partial charge in [-0.25, -0.2) is 0 Å². The molecule has 3 spiro atoms. The summed E-state index contributed by atoms with van der Waals surface area (Å²) < 4.78 is 0.0462. The van der Waals surface area contributed by atoms with Crippen LogP contribution in [0.5, 0.6) is 0 Å². The highest BCUT2D eigenvalue weighted by atomic mass is 33.1. The van der Waals surface area contributed by atoms with Gasteiger partial charge in [0.2, 0.25) is 0 Å². The third kappa shape index (κ3) is 5.13. The molecule has 3 fully saturated rings. The lowest BCUT2D eigenvalue weighted by molar-refractivity contribution is -0.125. The number of nitrogens with two attached hydrogens (primary N) is 1. The third-order valence-electron chi connectivity index (χ3n) is 14.0. The Hall–Kier alpha value is -1.48. The fourth-order valence-electron chi connectivity index (χ4n) is 11.9. The molecule has 5 N–H and O–H groups in total. The summed E-state index contributed by atoms with van der Waals surface area (Å²) in [5.41, 5.74) is 10.3. The second kappa shape index (κ2) is 13.1. The Kier molecular flexibility index (Phi) is 9.40. The van der Waals surface area contributed by atoms with Gasteiger partial charge in [-0.3, -0.25) is 9.79 Å². The number of nitrogens with one attached hydrogen (secondary N) is 1. The smallest absolute Gasteiger partial charge is 0.189 e. The van der Waals surface area contributed by atoms with Gasteiger partial charge in [-0.05, 0) is 105 Å². The number of carbonyl (C=O) groups is 1. The van der Waals surface area contributed by atoms with Gasteiger partial charge >= 0.3 is 0 Å². The van der Waals surface area contributed by atoms with Crippen LogP contribution in [0.4, 0.5) is 0 Å². The minimum absolute atomic E-state index is 0.0422. The van der Waals surface area contributed by atoms with E-state index in [2.05, 4.69) is 64.2 Å². The lowest BCUT2D eigenvalue weighted by Crippen LogP contribution is -2.71. The van der Waals surface area contributed by atoms with Crippen LogP contribution in [0.1, 0.15) is 102 Å². The first-order valence-electron chi connectivity index (χ1n) is 18.2. The van der Waals surface area contributed by atoms with Crippen LogP contribution in [0.15, 0.2) is 46.5 Å². The maximum Gasteiger partial charge on any atom is 0.189 e. The second-order valence-electron chi connectivity index (χ2n) is 15.8. The lowest BCUT2D eigenvalue weighted by Gasteiger charge is -2.58. The average Bonchev–Trinajstić information content (AvgIpc) is 3.40. The molecular formula is C38H55N3O3S2. The molecule has 3 saturated carbocycles. The normalized spacial score (nSPS) is 39.0. The molecule has 5 bridgehead atoms. The number of aliphatic imine (C=N–C) groups is 1. The SMILES string of the molecule is CC12CCSSC3(CCCCC3)C3(CCCC4=C5CC1CC(CO)C(CCCO)C52CC4=O)NC(N)=NCC3Cc1ccccc1. The summed E-state index contributed by atoms with van der Waals surface area (Å²) in [6.07, 6.45) is 15.3. The summed E-state index contributed by atoms with van der Waals surface area (Å²) in [6.45, 7) is 3.61. The summed E-state index contributed by atoms with van der Waals surface area (Å²) in [6, 6.07) is 10.9. The van der Waals surface area contributed by atoms with Gasteiger partial charge in [0, 0.05) is 48.0 Å². The van der Waals surface area contributed by atoms with E-state index in [4.69, 9.17) is 10.7 Å². The van der Waals surface area contributed by atoms with Crippen LogP contribution in [0.25, 0.3) is 0 Å². The molecule has 1 aromatic rings.